The zero-order chi connectivity index (χ0) is 16.2. The van der Waals surface area contributed by atoms with E-state index in [0.717, 1.165) is 5.56 Å². The highest BCUT2D eigenvalue weighted by Crippen LogP contribution is 2.16. The minimum atomic E-state index is -0.405. The molecule has 0 radical (unpaired) electrons. The number of hydrogen-bond donors (Lipinski definition) is 2. The Morgan fingerprint density at radius 1 is 1.26 bits per heavy atom. The Balaban J connectivity index is 1.78. The minimum absolute atomic E-state index is 0.102. The van der Waals surface area contributed by atoms with E-state index >= 15 is 0 Å². The van der Waals surface area contributed by atoms with Crippen LogP contribution in [0.15, 0.2) is 30.6 Å². The number of H-pyrrole nitrogens is 1. The topological polar surface area (TPSA) is 87.3 Å². The first-order chi connectivity index (χ1) is 11.2. The molecule has 0 bridgehead atoms. The molecule has 1 saturated heterocycles. The summed E-state index contributed by atoms with van der Waals surface area (Å²) in [4.78, 5) is 33.4. The molecule has 1 aromatic carbocycles. The fourth-order valence-corrected chi connectivity index (χ4v) is 2.45. The first kappa shape index (κ1) is 15.2. The molecule has 2 heterocycles. The molecule has 23 heavy (non-hydrogen) atoms. The van der Waals surface area contributed by atoms with Gasteiger partial charge in [-0.05, 0) is 18.6 Å². The lowest BCUT2D eigenvalue weighted by molar-refractivity contribution is 0.0298. The summed E-state index contributed by atoms with van der Waals surface area (Å²) in [6.07, 6.45) is 1.36. The Morgan fingerprint density at radius 2 is 2.00 bits per heavy atom. The van der Waals surface area contributed by atoms with Crippen molar-refractivity contribution < 1.29 is 14.3 Å². The number of amides is 2. The lowest BCUT2D eigenvalue weighted by Gasteiger charge is -2.26. The second-order valence-corrected chi connectivity index (χ2v) is 5.30. The van der Waals surface area contributed by atoms with Crippen LogP contribution in [-0.2, 0) is 4.74 Å². The zero-order valence-corrected chi connectivity index (χ0v) is 12.8. The lowest BCUT2D eigenvalue weighted by atomic mass is 10.2. The van der Waals surface area contributed by atoms with Crippen molar-refractivity contribution in [3.8, 4) is 0 Å². The van der Waals surface area contributed by atoms with Crippen molar-refractivity contribution in [2.45, 2.75) is 6.92 Å². The predicted octanol–water partition coefficient (Wildman–Crippen LogP) is 1.44. The maximum absolute atomic E-state index is 12.5. The molecule has 1 aromatic heterocycles. The van der Waals surface area contributed by atoms with Crippen LogP contribution in [0.25, 0.3) is 0 Å². The van der Waals surface area contributed by atoms with Crippen molar-refractivity contribution in [3.05, 3.63) is 47.5 Å². The van der Waals surface area contributed by atoms with Gasteiger partial charge in [0.1, 0.15) is 5.69 Å². The van der Waals surface area contributed by atoms with Crippen LogP contribution in [0.2, 0.25) is 0 Å². The Bertz CT molecular complexity index is 720. The Hall–Kier alpha value is -2.67. The van der Waals surface area contributed by atoms with Crippen molar-refractivity contribution in [1.82, 2.24) is 14.9 Å². The third-order valence-electron chi connectivity index (χ3n) is 3.76. The number of para-hydroxylation sites is 1. The summed E-state index contributed by atoms with van der Waals surface area (Å²) in [6.45, 7) is 3.93. The number of benzene rings is 1. The second-order valence-electron chi connectivity index (χ2n) is 5.30. The number of morpholine rings is 1. The molecule has 2 N–H and O–H groups in total. The van der Waals surface area contributed by atoms with Gasteiger partial charge in [0.25, 0.3) is 11.8 Å². The quantitative estimate of drug-likeness (QED) is 0.897. The van der Waals surface area contributed by atoms with Gasteiger partial charge in [-0.3, -0.25) is 9.59 Å². The molecule has 1 aliphatic heterocycles. The summed E-state index contributed by atoms with van der Waals surface area (Å²) in [7, 11) is 0. The molecule has 0 aliphatic carbocycles. The van der Waals surface area contributed by atoms with Crippen molar-refractivity contribution >= 4 is 17.5 Å². The summed E-state index contributed by atoms with van der Waals surface area (Å²) < 4.78 is 5.24. The van der Waals surface area contributed by atoms with E-state index in [-0.39, 0.29) is 17.3 Å². The van der Waals surface area contributed by atoms with E-state index in [1.54, 1.807) is 4.90 Å². The number of imidazole rings is 1. The fourth-order valence-electron chi connectivity index (χ4n) is 2.45. The number of aromatic amines is 1. The van der Waals surface area contributed by atoms with Gasteiger partial charge in [0, 0.05) is 18.8 Å². The Kier molecular flexibility index (Phi) is 4.38. The van der Waals surface area contributed by atoms with Crippen LogP contribution in [0.1, 0.15) is 26.5 Å². The van der Waals surface area contributed by atoms with Crippen LogP contribution in [0.5, 0.6) is 0 Å². The van der Waals surface area contributed by atoms with Gasteiger partial charge in [-0.25, -0.2) is 4.98 Å². The summed E-state index contributed by atoms with van der Waals surface area (Å²) in [5.74, 6) is -0.641. The van der Waals surface area contributed by atoms with Gasteiger partial charge in [-0.15, -0.1) is 0 Å². The summed E-state index contributed by atoms with van der Waals surface area (Å²) >= 11 is 0. The van der Waals surface area contributed by atoms with Crippen LogP contribution in [0.3, 0.4) is 0 Å². The molecule has 7 heteroatoms. The van der Waals surface area contributed by atoms with E-state index in [2.05, 4.69) is 15.3 Å². The lowest BCUT2D eigenvalue weighted by Crippen LogP contribution is -2.41. The van der Waals surface area contributed by atoms with Gasteiger partial charge in [0.05, 0.1) is 19.5 Å². The third-order valence-corrected chi connectivity index (χ3v) is 3.76. The maximum atomic E-state index is 12.5. The van der Waals surface area contributed by atoms with Gasteiger partial charge < -0.3 is 19.9 Å². The Morgan fingerprint density at radius 3 is 2.74 bits per heavy atom. The highest BCUT2D eigenvalue weighted by molar-refractivity contribution is 6.10. The first-order valence-corrected chi connectivity index (χ1v) is 7.44. The van der Waals surface area contributed by atoms with E-state index in [4.69, 9.17) is 4.74 Å². The molecule has 0 spiro atoms. The SMILES string of the molecule is Cc1ccccc1NC(=O)c1nc[nH]c1C(=O)N1CCOCC1. The van der Waals surface area contributed by atoms with Crippen molar-refractivity contribution in [2.24, 2.45) is 0 Å². The number of hydrogen-bond acceptors (Lipinski definition) is 4. The van der Waals surface area contributed by atoms with Crippen LogP contribution in [0.4, 0.5) is 5.69 Å². The number of carbonyl (C=O) groups excluding carboxylic acids is 2. The molecular formula is C16H18N4O3. The van der Waals surface area contributed by atoms with Crippen LogP contribution >= 0.6 is 0 Å². The zero-order valence-electron chi connectivity index (χ0n) is 12.8. The molecular weight excluding hydrogens is 296 g/mol. The number of carbonyl (C=O) groups is 2. The van der Waals surface area contributed by atoms with E-state index in [1.807, 2.05) is 31.2 Å². The third kappa shape index (κ3) is 3.24. The number of anilines is 1. The van der Waals surface area contributed by atoms with Crippen LogP contribution in [0, 0.1) is 6.92 Å². The number of nitrogens with one attached hydrogen (secondary N) is 2. The molecule has 0 unspecified atom stereocenters. The smallest absolute Gasteiger partial charge is 0.276 e. The largest absolute Gasteiger partial charge is 0.378 e. The molecule has 2 amide bonds. The molecule has 7 nitrogen and oxygen atoms in total. The van der Waals surface area contributed by atoms with Crippen molar-refractivity contribution in [3.63, 3.8) is 0 Å². The van der Waals surface area contributed by atoms with E-state index < -0.39 is 5.91 Å². The number of aryl methyl sites for hydroxylation is 1. The summed E-state index contributed by atoms with van der Waals surface area (Å²) in [5, 5.41) is 2.79. The summed E-state index contributed by atoms with van der Waals surface area (Å²) in [5.41, 5.74) is 1.95. The molecule has 1 fully saturated rings. The molecule has 0 saturated carbocycles. The standard InChI is InChI=1S/C16H18N4O3/c1-11-4-2-3-5-12(11)19-15(21)13-14(18-10-17-13)16(22)20-6-8-23-9-7-20/h2-5,10H,6-9H2,1H3,(H,17,18)(H,19,21). The van der Waals surface area contributed by atoms with Gasteiger partial charge in [-0.1, -0.05) is 18.2 Å². The number of nitrogens with zero attached hydrogens (tertiary/aromatic N) is 2. The van der Waals surface area contributed by atoms with Crippen molar-refractivity contribution in [2.75, 3.05) is 31.6 Å². The van der Waals surface area contributed by atoms with Gasteiger partial charge in [0.2, 0.25) is 0 Å². The fraction of sp³-hybridized carbons (Fsp3) is 0.312. The maximum Gasteiger partial charge on any atom is 0.276 e. The summed E-state index contributed by atoms with van der Waals surface area (Å²) in [6, 6.07) is 7.45. The highest BCUT2D eigenvalue weighted by Gasteiger charge is 2.26. The molecule has 2 aromatic rings. The number of ether oxygens (including phenoxy) is 1. The van der Waals surface area contributed by atoms with E-state index in [1.165, 1.54) is 6.33 Å². The molecule has 0 atom stereocenters. The van der Waals surface area contributed by atoms with E-state index in [9.17, 15) is 9.59 Å². The number of rotatable bonds is 3. The van der Waals surface area contributed by atoms with Gasteiger partial charge >= 0.3 is 0 Å². The molecule has 120 valence electrons. The van der Waals surface area contributed by atoms with Gasteiger partial charge in [-0.2, -0.15) is 0 Å². The molecule has 1 aliphatic rings. The predicted molar refractivity (Wildman–Crippen MR) is 84.4 cm³/mol. The number of aromatic nitrogens is 2. The van der Waals surface area contributed by atoms with Gasteiger partial charge in [0.15, 0.2) is 5.69 Å². The van der Waals surface area contributed by atoms with Crippen LogP contribution in [-0.4, -0.2) is 53.0 Å². The molecule has 3 rings (SSSR count). The van der Waals surface area contributed by atoms with E-state index in [0.29, 0.717) is 32.0 Å². The van der Waals surface area contributed by atoms with Crippen LogP contribution < -0.4 is 5.32 Å². The first-order valence-electron chi connectivity index (χ1n) is 7.44. The van der Waals surface area contributed by atoms with Crippen molar-refractivity contribution in [1.29, 1.82) is 0 Å². The second kappa shape index (κ2) is 6.62. The normalized spacial score (nSPS) is 14.6. The highest BCUT2D eigenvalue weighted by atomic mass is 16.5. The Labute approximate surface area is 133 Å². The monoisotopic (exact) mass is 314 g/mol. The minimum Gasteiger partial charge on any atom is -0.378 e. The average molecular weight is 314 g/mol. The average Bonchev–Trinajstić information content (AvgIpc) is 3.07.